The summed E-state index contributed by atoms with van der Waals surface area (Å²) in [5.74, 6) is -0.0209. The van der Waals surface area contributed by atoms with Gasteiger partial charge in [0.1, 0.15) is 0 Å². The number of rotatable bonds is 5. The van der Waals surface area contributed by atoms with E-state index in [-0.39, 0.29) is 5.91 Å². The van der Waals surface area contributed by atoms with Crippen molar-refractivity contribution in [2.45, 2.75) is 12.8 Å². The minimum Gasteiger partial charge on any atom is -0.398 e. The van der Waals surface area contributed by atoms with E-state index in [1.807, 2.05) is 18.2 Å². The van der Waals surface area contributed by atoms with E-state index < -0.39 is 0 Å². The van der Waals surface area contributed by atoms with Crippen LogP contribution in [0.5, 0.6) is 0 Å². The first-order valence-corrected chi connectivity index (χ1v) is 5.83. The fourth-order valence-corrected chi connectivity index (χ4v) is 1.69. The number of nitrogens with two attached hydrogens (primary N) is 1. The lowest BCUT2D eigenvalue weighted by atomic mass is 10.1. The Morgan fingerprint density at radius 2 is 2.22 bits per heavy atom. The minimum atomic E-state index is -0.0209. The Bertz CT molecular complexity index is 507. The smallest absolute Gasteiger partial charge is 0.224 e. The first-order chi connectivity index (χ1) is 8.75. The van der Waals surface area contributed by atoms with Gasteiger partial charge in [0.05, 0.1) is 12.7 Å². The average molecular weight is 244 g/mol. The molecule has 0 unspecified atom stereocenters. The Balaban J connectivity index is 1.77. The average Bonchev–Trinajstić information content (AvgIpc) is 2.85. The molecular weight excluding hydrogens is 228 g/mol. The zero-order chi connectivity index (χ0) is 12.8. The number of hydrogen-bond donors (Lipinski definition) is 3. The first-order valence-electron chi connectivity index (χ1n) is 5.83. The van der Waals surface area contributed by atoms with Gasteiger partial charge in [-0.2, -0.15) is 0 Å². The SMILES string of the molecule is Nc1ccccc1CC(=O)NCCc1cnc[nH]1. The summed E-state index contributed by atoms with van der Waals surface area (Å²) in [7, 11) is 0. The minimum absolute atomic E-state index is 0.0209. The van der Waals surface area contributed by atoms with Crippen molar-refractivity contribution in [2.24, 2.45) is 0 Å². The molecular formula is C13H16N4O. The summed E-state index contributed by atoms with van der Waals surface area (Å²) in [4.78, 5) is 18.6. The van der Waals surface area contributed by atoms with Crippen LogP contribution in [0, 0.1) is 0 Å². The van der Waals surface area contributed by atoms with Gasteiger partial charge in [0.2, 0.25) is 5.91 Å². The fraction of sp³-hybridized carbons (Fsp3) is 0.231. The molecule has 0 aliphatic rings. The lowest BCUT2D eigenvalue weighted by Gasteiger charge is -2.06. The van der Waals surface area contributed by atoms with Crippen LogP contribution < -0.4 is 11.1 Å². The Hall–Kier alpha value is -2.30. The number of imidazole rings is 1. The molecule has 5 nitrogen and oxygen atoms in total. The second kappa shape index (κ2) is 5.86. The van der Waals surface area contributed by atoms with E-state index >= 15 is 0 Å². The maximum absolute atomic E-state index is 11.7. The normalized spacial score (nSPS) is 10.2. The molecule has 2 aromatic rings. The van der Waals surface area contributed by atoms with Gasteiger partial charge >= 0.3 is 0 Å². The fourth-order valence-electron chi connectivity index (χ4n) is 1.69. The highest BCUT2D eigenvalue weighted by Gasteiger charge is 2.05. The highest BCUT2D eigenvalue weighted by atomic mass is 16.1. The van der Waals surface area contributed by atoms with E-state index in [9.17, 15) is 4.79 Å². The number of H-pyrrole nitrogens is 1. The third kappa shape index (κ3) is 3.35. The Kier molecular flexibility index (Phi) is 3.96. The molecule has 0 saturated heterocycles. The van der Waals surface area contributed by atoms with Gasteiger partial charge in [-0.05, 0) is 11.6 Å². The van der Waals surface area contributed by atoms with Crippen LogP contribution in [0.2, 0.25) is 0 Å². The Morgan fingerprint density at radius 3 is 2.94 bits per heavy atom. The second-order valence-corrected chi connectivity index (χ2v) is 4.05. The van der Waals surface area contributed by atoms with E-state index in [2.05, 4.69) is 15.3 Å². The molecule has 0 bridgehead atoms. The van der Waals surface area contributed by atoms with E-state index in [0.717, 1.165) is 17.7 Å². The van der Waals surface area contributed by atoms with Crippen molar-refractivity contribution in [3.63, 3.8) is 0 Å². The van der Waals surface area contributed by atoms with Crippen LogP contribution in [0.25, 0.3) is 0 Å². The number of nitrogens with one attached hydrogen (secondary N) is 2. The topological polar surface area (TPSA) is 83.8 Å². The summed E-state index contributed by atoms with van der Waals surface area (Å²) in [6, 6.07) is 7.40. The highest BCUT2D eigenvalue weighted by Crippen LogP contribution is 2.10. The van der Waals surface area contributed by atoms with Crippen LogP contribution in [-0.2, 0) is 17.6 Å². The quantitative estimate of drug-likeness (QED) is 0.683. The number of aromatic nitrogens is 2. The van der Waals surface area contributed by atoms with Gasteiger partial charge in [-0.25, -0.2) is 4.98 Å². The Morgan fingerprint density at radius 1 is 1.39 bits per heavy atom. The van der Waals surface area contributed by atoms with Gasteiger partial charge in [-0.3, -0.25) is 4.79 Å². The molecule has 0 atom stereocenters. The van der Waals surface area contributed by atoms with Gasteiger partial charge in [-0.15, -0.1) is 0 Å². The van der Waals surface area contributed by atoms with E-state index in [4.69, 9.17) is 5.73 Å². The van der Waals surface area contributed by atoms with Gasteiger partial charge in [0, 0.05) is 30.5 Å². The number of anilines is 1. The molecule has 4 N–H and O–H groups in total. The summed E-state index contributed by atoms with van der Waals surface area (Å²) < 4.78 is 0. The van der Waals surface area contributed by atoms with E-state index in [0.29, 0.717) is 18.7 Å². The van der Waals surface area contributed by atoms with E-state index in [1.54, 1.807) is 18.6 Å². The van der Waals surface area contributed by atoms with Crippen LogP contribution in [0.1, 0.15) is 11.3 Å². The van der Waals surface area contributed by atoms with Crippen molar-refractivity contribution in [1.29, 1.82) is 0 Å². The summed E-state index contributed by atoms with van der Waals surface area (Å²) >= 11 is 0. The maximum Gasteiger partial charge on any atom is 0.224 e. The molecule has 0 saturated carbocycles. The molecule has 1 aromatic heterocycles. The summed E-state index contributed by atoms with van der Waals surface area (Å²) in [6.07, 6.45) is 4.44. The van der Waals surface area contributed by atoms with Crippen molar-refractivity contribution in [3.05, 3.63) is 48.0 Å². The molecule has 0 fully saturated rings. The number of carbonyl (C=O) groups excluding carboxylic acids is 1. The Labute approximate surface area is 105 Å². The molecule has 18 heavy (non-hydrogen) atoms. The number of nitrogen functional groups attached to an aromatic ring is 1. The molecule has 2 rings (SSSR count). The monoisotopic (exact) mass is 244 g/mol. The third-order valence-electron chi connectivity index (χ3n) is 2.68. The summed E-state index contributed by atoms with van der Waals surface area (Å²) in [6.45, 7) is 0.591. The van der Waals surface area contributed by atoms with Crippen LogP contribution >= 0.6 is 0 Å². The van der Waals surface area contributed by atoms with Crippen LogP contribution in [0.4, 0.5) is 5.69 Å². The zero-order valence-electron chi connectivity index (χ0n) is 10.0. The molecule has 0 aliphatic carbocycles. The molecule has 0 spiro atoms. The van der Waals surface area contributed by atoms with Crippen LogP contribution in [0.3, 0.4) is 0 Å². The number of nitrogens with zero attached hydrogens (tertiary/aromatic N) is 1. The first kappa shape index (κ1) is 12.2. The van der Waals surface area contributed by atoms with Gasteiger partial charge in [0.15, 0.2) is 0 Å². The van der Waals surface area contributed by atoms with Gasteiger partial charge < -0.3 is 16.0 Å². The predicted molar refractivity (Wildman–Crippen MR) is 69.9 cm³/mol. The zero-order valence-corrected chi connectivity index (χ0v) is 10.0. The molecule has 0 aliphatic heterocycles. The van der Waals surface area contributed by atoms with Crippen LogP contribution in [0.15, 0.2) is 36.8 Å². The summed E-state index contributed by atoms with van der Waals surface area (Å²) in [5.41, 5.74) is 8.30. The number of carbonyl (C=O) groups is 1. The third-order valence-corrected chi connectivity index (χ3v) is 2.68. The van der Waals surface area contributed by atoms with Crippen molar-refractivity contribution in [3.8, 4) is 0 Å². The molecule has 0 radical (unpaired) electrons. The highest BCUT2D eigenvalue weighted by molar-refractivity contribution is 5.80. The standard InChI is InChI=1S/C13H16N4O/c14-12-4-2-1-3-10(12)7-13(18)16-6-5-11-8-15-9-17-11/h1-4,8-9H,5-7,14H2,(H,15,17)(H,16,18). The number of amides is 1. The van der Waals surface area contributed by atoms with Crippen molar-refractivity contribution < 1.29 is 4.79 Å². The second-order valence-electron chi connectivity index (χ2n) is 4.05. The number of aromatic amines is 1. The predicted octanol–water partition coefficient (Wildman–Crippen LogP) is 0.893. The molecule has 1 heterocycles. The van der Waals surface area contributed by atoms with Crippen molar-refractivity contribution >= 4 is 11.6 Å². The lowest BCUT2D eigenvalue weighted by Crippen LogP contribution is -2.27. The lowest BCUT2D eigenvalue weighted by molar-refractivity contribution is -0.120. The number of benzene rings is 1. The number of para-hydroxylation sites is 1. The van der Waals surface area contributed by atoms with E-state index in [1.165, 1.54) is 0 Å². The van der Waals surface area contributed by atoms with Crippen LogP contribution in [-0.4, -0.2) is 22.4 Å². The number of hydrogen-bond acceptors (Lipinski definition) is 3. The van der Waals surface area contributed by atoms with Gasteiger partial charge in [0.25, 0.3) is 0 Å². The molecule has 1 amide bonds. The van der Waals surface area contributed by atoms with Crippen molar-refractivity contribution in [1.82, 2.24) is 15.3 Å². The van der Waals surface area contributed by atoms with Gasteiger partial charge in [-0.1, -0.05) is 18.2 Å². The summed E-state index contributed by atoms with van der Waals surface area (Å²) in [5, 5.41) is 2.85. The maximum atomic E-state index is 11.7. The molecule has 1 aromatic carbocycles. The molecule has 5 heteroatoms. The molecule has 94 valence electrons. The van der Waals surface area contributed by atoms with Crippen molar-refractivity contribution in [2.75, 3.05) is 12.3 Å². The largest absolute Gasteiger partial charge is 0.398 e.